The van der Waals surface area contributed by atoms with Crippen molar-refractivity contribution in [2.24, 2.45) is 0 Å². The number of benzene rings is 1. The molecule has 0 fully saturated rings. The van der Waals surface area contributed by atoms with Crippen LogP contribution in [-0.4, -0.2) is 43.5 Å². The van der Waals surface area contributed by atoms with Gasteiger partial charge in [-0.3, -0.25) is 10.1 Å². The van der Waals surface area contributed by atoms with Crippen molar-refractivity contribution in [2.45, 2.75) is 6.10 Å². The van der Waals surface area contributed by atoms with Crippen LogP contribution in [0, 0.1) is 10.1 Å². The third-order valence-corrected chi connectivity index (χ3v) is 2.29. The lowest BCUT2D eigenvalue weighted by molar-refractivity contribution is -0.384. The average molecular weight is 256 g/mol. The molecule has 7 heteroatoms. The summed E-state index contributed by atoms with van der Waals surface area (Å²) in [5.74, 6) is 0.407. The van der Waals surface area contributed by atoms with Gasteiger partial charge in [-0.1, -0.05) is 0 Å². The summed E-state index contributed by atoms with van der Waals surface area (Å²) in [5, 5.41) is 23.1. The molecule has 0 aromatic heterocycles. The minimum atomic E-state index is -0.725. The molecular formula is C11H16N2O5. The zero-order chi connectivity index (χ0) is 13.5. The molecule has 1 aromatic rings. The number of nitrogens with one attached hydrogen (secondary N) is 1. The van der Waals surface area contributed by atoms with E-state index in [2.05, 4.69) is 5.32 Å². The molecule has 7 nitrogen and oxygen atoms in total. The number of methoxy groups -OCH3 is 2. The number of anilines is 1. The van der Waals surface area contributed by atoms with Crippen LogP contribution in [-0.2, 0) is 4.74 Å². The predicted octanol–water partition coefficient (Wildman–Crippen LogP) is 1.02. The fraction of sp³-hybridized carbons (Fsp3) is 0.455. The van der Waals surface area contributed by atoms with Crippen LogP contribution >= 0.6 is 0 Å². The molecule has 18 heavy (non-hydrogen) atoms. The van der Waals surface area contributed by atoms with E-state index in [4.69, 9.17) is 9.47 Å². The van der Waals surface area contributed by atoms with Crippen molar-refractivity contribution in [3.05, 3.63) is 28.3 Å². The monoisotopic (exact) mass is 256 g/mol. The molecule has 100 valence electrons. The van der Waals surface area contributed by atoms with Crippen molar-refractivity contribution >= 4 is 11.4 Å². The lowest BCUT2D eigenvalue weighted by Crippen LogP contribution is -2.24. The maximum Gasteiger partial charge on any atom is 0.296 e. The molecule has 0 spiro atoms. The Hall–Kier alpha value is -1.86. The van der Waals surface area contributed by atoms with Crippen LogP contribution < -0.4 is 10.1 Å². The van der Waals surface area contributed by atoms with Crippen molar-refractivity contribution < 1.29 is 19.5 Å². The van der Waals surface area contributed by atoms with Gasteiger partial charge in [0, 0.05) is 13.7 Å². The Bertz CT molecular complexity index is 410. The highest BCUT2D eigenvalue weighted by atomic mass is 16.6. The Morgan fingerprint density at radius 3 is 2.78 bits per heavy atom. The molecule has 0 heterocycles. The highest BCUT2D eigenvalue weighted by molar-refractivity contribution is 5.63. The summed E-state index contributed by atoms with van der Waals surface area (Å²) in [7, 11) is 2.91. The van der Waals surface area contributed by atoms with Gasteiger partial charge in [-0.15, -0.1) is 0 Å². The fourth-order valence-corrected chi connectivity index (χ4v) is 1.42. The third kappa shape index (κ3) is 3.86. The summed E-state index contributed by atoms with van der Waals surface area (Å²) in [6, 6.07) is 4.47. The minimum absolute atomic E-state index is 0.0982. The Morgan fingerprint density at radius 2 is 2.22 bits per heavy atom. The van der Waals surface area contributed by atoms with Crippen LogP contribution in [0.2, 0.25) is 0 Å². The molecule has 1 aromatic carbocycles. The molecule has 2 N–H and O–H groups in total. The summed E-state index contributed by atoms with van der Waals surface area (Å²) < 4.78 is 9.68. The number of rotatable bonds is 7. The Kier molecular flexibility index (Phi) is 5.34. The van der Waals surface area contributed by atoms with Crippen LogP contribution in [0.15, 0.2) is 18.2 Å². The zero-order valence-corrected chi connectivity index (χ0v) is 10.3. The lowest BCUT2D eigenvalue weighted by atomic mass is 10.2. The number of hydrogen-bond acceptors (Lipinski definition) is 6. The second kappa shape index (κ2) is 6.77. The van der Waals surface area contributed by atoms with Crippen molar-refractivity contribution in [1.82, 2.24) is 0 Å². The van der Waals surface area contributed by atoms with Crippen molar-refractivity contribution in [3.63, 3.8) is 0 Å². The first kappa shape index (κ1) is 14.2. The lowest BCUT2D eigenvalue weighted by Gasteiger charge is -2.12. The van der Waals surface area contributed by atoms with Gasteiger partial charge in [0.2, 0.25) is 0 Å². The standard InChI is InChI=1S/C11H16N2O5/c1-17-7-8(14)6-12-10-4-3-9(18-2)5-11(10)13(15)16/h3-5,8,12,14H,6-7H2,1-2H3. The van der Waals surface area contributed by atoms with E-state index in [-0.39, 0.29) is 18.8 Å². The Morgan fingerprint density at radius 1 is 1.50 bits per heavy atom. The van der Waals surface area contributed by atoms with Crippen LogP contribution in [0.1, 0.15) is 0 Å². The van der Waals surface area contributed by atoms with Crippen LogP contribution in [0.25, 0.3) is 0 Å². The van der Waals surface area contributed by atoms with Gasteiger partial charge in [0.25, 0.3) is 5.69 Å². The molecule has 1 atom stereocenters. The number of ether oxygens (including phenoxy) is 2. The minimum Gasteiger partial charge on any atom is -0.496 e. The second-order valence-electron chi connectivity index (χ2n) is 3.63. The molecule has 1 rings (SSSR count). The highest BCUT2D eigenvalue weighted by Gasteiger charge is 2.15. The summed E-state index contributed by atoms with van der Waals surface area (Å²) in [6.07, 6.45) is -0.725. The van der Waals surface area contributed by atoms with E-state index in [9.17, 15) is 15.2 Å². The number of nitro benzene ring substituents is 1. The molecule has 0 aliphatic heterocycles. The highest BCUT2D eigenvalue weighted by Crippen LogP contribution is 2.28. The zero-order valence-electron chi connectivity index (χ0n) is 10.3. The van der Waals surface area contributed by atoms with E-state index >= 15 is 0 Å². The number of nitro groups is 1. The first-order chi connectivity index (χ1) is 8.58. The summed E-state index contributed by atoms with van der Waals surface area (Å²) in [5.41, 5.74) is 0.231. The van der Waals surface area contributed by atoms with E-state index in [1.54, 1.807) is 6.07 Å². The number of hydrogen-bond donors (Lipinski definition) is 2. The van der Waals surface area contributed by atoms with Crippen molar-refractivity contribution in [1.29, 1.82) is 0 Å². The first-order valence-corrected chi connectivity index (χ1v) is 5.31. The Balaban J connectivity index is 2.78. The quantitative estimate of drug-likeness (QED) is 0.559. The maximum atomic E-state index is 10.9. The van der Waals surface area contributed by atoms with Crippen LogP contribution in [0.4, 0.5) is 11.4 Å². The van der Waals surface area contributed by atoms with Gasteiger partial charge in [-0.25, -0.2) is 0 Å². The molecule has 0 aliphatic rings. The SMILES string of the molecule is COCC(O)CNc1ccc(OC)cc1[N+](=O)[O-]. The van der Waals surface area contributed by atoms with Crippen LogP contribution in [0.5, 0.6) is 5.75 Å². The normalized spacial score (nSPS) is 11.9. The molecule has 1 unspecified atom stereocenters. The maximum absolute atomic E-state index is 10.9. The van der Waals surface area contributed by atoms with Gasteiger partial charge in [0.1, 0.15) is 11.4 Å². The fourth-order valence-electron chi connectivity index (χ4n) is 1.42. The smallest absolute Gasteiger partial charge is 0.296 e. The Labute approximate surface area is 104 Å². The van der Waals surface area contributed by atoms with Gasteiger partial charge in [0.15, 0.2) is 0 Å². The molecular weight excluding hydrogens is 240 g/mol. The molecule has 0 radical (unpaired) electrons. The van der Waals surface area contributed by atoms with Crippen molar-refractivity contribution in [2.75, 3.05) is 32.7 Å². The van der Waals surface area contributed by atoms with Gasteiger partial charge < -0.3 is 19.9 Å². The van der Waals surface area contributed by atoms with Gasteiger partial charge in [-0.2, -0.15) is 0 Å². The van der Waals surface area contributed by atoms with E-state index in [0.717, 1.165) is 0 Å². The summed E-state index contributed by atoms with van der Waals surface area (Å²) in [6.45, 7) is 0.331. The van der Waals surface area contributed by atoms with Crippen LogP contribution in [0.3, 0.4) is 0 Å². The van der Waals surface area contributed by atoms with Crippen molar-refractivity contribution in [3.8, 4) is 5.75 Å². The predicted molar refractivity (Wildman–Crippen MR) is 66.0 cm³/mol. The average Bonchev–Trinajstić information content (AvgIpc) is 2.36. The molecule has 0 saturated carbocycles. The van der Waals surface area contributed by atoms with Gasteiger partial charge in [-0.05, 0) is 12.1 Å². The first-order valence-electron chi connectivity index (χ1n) is 5.31. The van der Waals surface area contributed by atoms with Gasteiger partial charge in [0.05, 0.1) is 30.8 Å². The van der Waals surface area contributed by atoms with E-state index in [0.29, 0.717) is 11.4 Å². The molecule has 0 saturated heterocycles. The number of aliphatic hydroxyl groups excluding tert-OH is 1. The number of nitrogens with zero attached hydrogens (tertiary/aromatic N) is 1. The molecule has 0 bridgehead atoms. The third-order valence-electron chi connectivity index (χ3n) is 2.29. The van der Waals surface area contributed by atoms with E-state index < -0.39 is 11.0 Å². The summed E-state index contributed by atoms with van der Waals surface area (Å²) >= 11 is 0. The number of aliphatic hydroxyl groups is 1. The topological polar surface area (TPSA) is 93.9 Å². The van der Waals surface area contributed by atoms with Gasteiger partial charge >= 0.3 is 0 Å². The van der Waals surface area contributed by atoms with E-state index in [1.165, 1.54) is 26.4 Å². The molecule has 0 aliphatic carbocycles. The second-order valence-corrected chi connectivity index (χ2v) is 3.63. The van der Waals surface area contributed by atoms with E-state index in [1.807, 2.05) is 0 Å². The molecule has 0 amide bonds. The largest absolute Gasteiger partial charge is 0.496 e. The summed E-state index contributed by atoms with van der Waals surface area (Å²) in [4.78, 5) is 10.4.